The molecule has 0 spiro atoms. The van der Waals surface area contributed by atoms with E-state index in [2.05, 4.69) is 40.7 Å². The van der Waals surface area contributed by atoms with Gasteiger partial charge >= 0.3 is 0 Å². The summed E-state index contributed by atoms with van der Waals surface area (Å²) in [5.41, 5.74) is 3.12. The molecule has 0 nitrogen and oxygen atoms in total. The van der Waals surface area contributed by atoms with E-state index in [0.717, 1.165) is 35.5 Å². The molecule has 4 aliphatic rings. The summed E-state index contributed by atoms with van der Waals surface area (Å²) in [6.07, 6.45) is 20.5. The molecule has 0 heterocycles. The zero-order valence-corrected chi connectivity index (χ0v) is 19.0. The lowest BCUT2D eigenvalue weighted by Crippen LogP contribution is -2.47. The van der Waals surface area contributed by atoms with Crippen molar-refractivity contribution >= 4 is 0 Å². The predicted molar refractivity (Wildman–Crippen MR) is 118 cm³/mol. The number of allylic oxidation sites excluding steroid dienone is 2. The number of unbranched alkanes of at least 4 members (excludes halogenated alkanes) is 1. The van der Waals surface area contributed by atoms with Crippen molar-refractivity contribution in [1.82, 2.24) is 0 Å². The van der Waals surface area contributed by atoms with Crippen LogP contribution in [-0.4, -0.2) is 0 Å². The smallest absolute Gasteiger partial charge is 0.00824 e. The van der Waals surface area contributed by atoms with E-state index in [9.17, 15) is 0 Å². The summed E-state index contributed by atoms with van der Waals surface area (Å²) < 4.78 is 0. The molecule has 0 aromatic rings. The quantitative estimate of drug-likeness (QED) is 0.325. The molecule has 0 heteroatoms. The monoisotopic (exact) mass is 370 g/mol. The number of rotatable bonds is 6. The van der Waals surface area contributed by atoms with Crippen LogP contribution in [0.1, 0.15) is 112 Å². The fourth-order valence-corrected chi connectivity index (χ4v) is 8.55. The lowest BCUT2D eigenvalue weighted by atomic mass is 9.49. The highest BCUT2D eigenvalue weighted by molar-refractivity contribution is 5.27. The molecule has 3 saturated carbocycles. The van der Waals surface area contributed by atoms with E-state index in [-0.39, 0.29) is 0 Å². The minimum atomic E-state index is 0.570. The number of fused-ring (bicyclic) bond motifs is 5. The molecular formula is C27H46. The Hall–Kier alpha value is -0.260. The SMILES string of the molecule is CCC1CC2=CCC3C(CCC4(C)C(CCCCC(C)C)CCC34)C2(C)C1. The Balaban J connectivity index is 1.45. The second-order valence-electron chi connectivity index (χ2n) is 11.9. The van der Waals surface area contributed by atoms with Crippen molar-refractivity contribution in [2.24, 2.45) is 46.3 Å². The zero-order valence-electron chi connectivity index (χ0n) is 19.0. The largest absolute Gasteiger partial charge is 0.0845 e. The molecule has 7 atom stereocenters. The molecule has 0 aromatic heterocycles. The topological polar surface area (TPSA) is 0 Å². The highest BCUT2D eigenvalue weighted by Gasteiger charge is 2.59. The molecule has 4 rings (SSSR count). The first-order chi connectivity index (χ1) is 12.9. The Morgan fingerprint density at radius 3 is 2.63 bits per heavy atom. The molecule has 3 fully saturated rings. The predicted octanol–water partition coefficient (Wildman–Crippen LogP) is 8.42. The molecule has 0 aromatic carbocycles. The van der Waals surface area contributed by atoms with E-state index < -0.39 is 0 Å². The van der Waals surface area contributed by atoms with Gasteiger partial charge in [-0.25, -0.2) is 0 Å². The van der Waals surface area contributed by atoms with Crippen LogP contribution in [0.15, 0.2) is 11.6 Å². The van der Waals surface area contributed by atoms with Gasteiger partial charge in [0.2, 0.25) is 0 Å². The van der Waals surface area contributed by atoms with Crippen LogP contribution in [0.25, 0.3) is 0 Å². The molecule has 0 bridgehead atoms. The van der Waals surface area contributed by atoms with Crippen molar-refractivity contribution in [3.05, 3.63) is 11.6 Å². The average Bonchev–Trinajstić information content (AvgIpc) is 3.15. The fourth-order valence-electron chi connectivity index (χ4n) is 8.55. The summed E-state index contributed by atoms with van der Waals surface area (Å²) in [4.78, 5) is 0. The standard InChI is InChI=1S/C27H46/c1-6-20-17-22-11-13-23-24-14-12-21(10-8-7-9-19(2)3)26(24,4)16-15-25(23)27(22,5)18-20/h11,19-21,23-25H,6-10,12-18H2,1-5H3. The summed E-state index contributed by atoms with van der Waals surface area (Å²) in [6, 6.07) is 0. The molecular weight excluding hydrogens is 324 g/mol. The highest BCUT2D eigenvalue weighted by Crippen LogP contribution is 2.68. The highest BCUT2D eigenvalue weighted by atomic mass is 14.6. The van der Waals surface area contributed by atoms with Crippen molar-refractivity contribution in [2.45, 2.75) is 112 Å². The molecule has 0 aliphatic heterocycles. The van der Waals surface area contributed by atoms with Crippen molar-refractivity contribution < 1.29 is 0 Å². The van der Waals surface area contributed by atoms with E-state index >= 15 is 0 Å². The maximum atomic E-state index is 2.75. The van der Waals surface area contributed by atoms with Gasteiger partial charge in [0.15, 0.2) is 0 Å². The van der Waals surface area contributed by atoms with Crippen LogP contribution in [0.4, 0.5) is 0 Å². The second kappa shape index (κ2) is 7.53. The molecule has 0 amide bonds. The second-order valence-corrected chi connectivity index (χ2v) is 11.9. The molecule has 0 N–H and O–H groups in total. The van der Waals surface area contributed by atoms with Gasteiger partial charge in [-0.15, -0.1) is 0 Å². The fraction of sp³-hybridized carbons (Fsp3) is 0.926. The first kappa shape index (κ1) is 20.0. The van der Waals surface area contributed by atoms with Crippen LogP contribution in [0.3, 0.4) is 0 Å². The first-order valence-electron chi connectivity index (χ1n) is 12.6. The molecule has 0 radical (unpaired) electrons. The minimum Gasteiger partial charge on any atom is -0.0845 e. The number of hydrogen-bond donors (Lipinski definition) is 0. The van der Waals surface area contributed by atoms with E-state index in [1.165, 1.54) is 70.6 Å². The molecule has 0 saturated heterocycles. The molecule has 154 valence electrons. The summed E-state index contributed by atoms with van der Waals surface area (Å²) in [5, 5.41) is 0. The third kappa shape index (κ3) is 3.36. The first-order valence-corrected chi connectivity index (χ1v) is 12.6. The van der Waals surface area contributed by atoms with E-state index in [0.29, 0.717) is 10.8 Å². The van der Waals surface area contributed by atoms with Gasteiger partial charge in [0.1, 0.15) is 0 Å². The van der Waals surface area contributed by atoms with E-state index in [4.69, 9.17) is 0 Å². The molecule has 27 heavy (non-hydrogen) atoms. The normalized spacial score (nSPS) is 46.1. The third-order valence-electron chi connectivity index (χ3n) is 10.2. The maximum Gasteiger partial charge on any atom is -0.00824 e. The van der Waals surface area contributed by atoms with Crippen LogP contribution in [-0.2, 0) is 0 Å². The Kier molecular flexibility index (Phi) is 5.59. The van der Waals surface area contributed by atoms with Gasteiger partial charge < -0.3 is 0 Å². The van der Waals surface area contributed by atoms with Crippen LogP contribution < -0.4 is 0 Å². The Morgan fingerprint density at radius 2 is 1.89 bits per heavy atom. The molecule has 4 aliphatic carbocycles. The van der Waals surface area contributed by atoms with Gasteiger partial charge in [-0.2, -0.15) is 0 Å². The van der Waals surface area contributed by atoms with Gasteiger partial charge in [0.05, 0.1) is 0 Å². The van der Waals surface area contributed by atoms with Crippen molar-refractivity contribution in [2.75, 3.05) is 0 Å². The summed E-state index contributed by atoms with van der Waals surface area (Å²) in [6.45, 7) is 12.6. The zero-order chi connectivity index (χ0) is 19.2. The van der Waals surface area contributed by atoms with Crippen molar-refractivity contribution in [1.29, 1.82) is 0 Å². The van der Waals surface area contributed by atoms with Gasteiger partial charge in [0.25, 0.3) is 0 Å². The van der Waals surface area contributed by atoms with Crippen molar-refractivity contribution in [3.63, 3.8) is 0 Å². The van der Waals surface area contributed by atoms with E-state index in [1.807, 2.05) is 5.57 Å². The Bertz CT molecular complexity index is 556. The summed E-state index contributed by atoms with van der Waals surface area (Å²) in [5.74, 6) is 5.93. The Labute approximate surface area is 170 Å². The summed E-state index contributed by atoms with van der Waals surface area (Å²) >= 11 is 0. The van der Waals surface area contributed by atoms with Gasteiger partial charge in [-0.3, -0.25) is 0 Å². The van der Waals surface area contributed by atoms with Crippen LogP contribution in [0.2, 0.25) is 0 Å². The van der Waals surface area contributed by atoms with Gasteiger partial charge in [-0.05, 0) is 97.7 Å². The van der Waals surface area contributed by atoms with E-state index in [1.54, 1.807) is 6.42 Å². The minimum absolute atomic E-state index is 0.570. The Morgan fingerprint density at radius 1 is 1.07 bits per heavy atom. The van der Waals surface area contributed by atoms with Crippen LogP contribution in [0, 0.1) is 46.3 Å². The summed E-state index contributed by atoms with van der Waals surface area (Å²) in [7, 11) is 0. The maximum absolute atomic E-state index is 2.75. The van der Waals surface area contributed by atoms with Crippen LogP contribution >= 0.6 is 0 Å². The lowest BCUT2D eigenvalue weighted by molar-refractivity contribution is -0.0346. The number of hydrogen-bond acceptors (Lipinski definition) is 0. The van der Waals surface area contributed by atoms with Crippen LogP contribution in [0.5, 0.6) is 0 Å². The average molecular weight is 371 g/mol. The molecule has 7 unspecified atom stereocenters. The van der Waals surface area contributed by atoms with Crippen molar-refractivity contribution in [3.8, 4) is 0 Å². The van der Waals surface area contributed by atoms with Gasteiger partial charge in [0, 0.05) is 0 Å². The van der Waals surface area contributed by atoms with Gasteiger partial charge in [-0.1, -0.05) is 72.0 Å². The lowest BCUT2D eigenvalue weighted by Gasteiger charge is -2.55. The third-order valence-corrected chi connectivity index (χ3v) is 10.2.